The Hall–Kier alpha value is -1.33. The topological polar surface area (TPSA) is 35.8 Å². The Morgan fingerprint density at radius 1 is 1.47 bits per heavy atom. The Morgan fingerprint density at radius 2 is 2.27 bits per heavy atom. The van der Waals surface area contributed by atoms with Crippen molar-refractivity contribution in [3.05, 3.63) is 35.4 Å². The summed E-state index contributed by atoms with van der Waals surface area (Å²) in [6, 6.07) is 10.9. The highest BCUT2D eigenvalue weighted by Gasteiger charge is 2.42. The molecular formula is C13H16N2. The summed E-state index contributed by atoms with van der Waals surface area (Å²) in [6.07, 6.45) is 2.12. The van der Waals surface area contributed by atoms with E-state index in [1.165, 1.54) is 11.1 Å². The van der Waals surface area contributed by atoms with Gasteiger partial charge in [-0.25, -0.2) is 0 Å². The van der Waals surface area contributed by atoms with Crippen molar-refractivity contribution in [1.82, 2.24) is 5.32 Å². The lowest BCUT2D eigenvalue weighted by molar-refractivity contribution is 0.558. The lowest BCUT2D eigenvalue weighted by atomic mass is 10.1. The highest BCUT2D eigenvalue weighted by Crippen LogP contribution is 2.44. The molecule has 0 atom stereocenters. The third-order valence-electron chi connectivity index (χ3n) is 2.97. The van der Waals surface area contributed by atoms with E-state index in [2.05, 4.69) is 42.6 Å². The maximum Gasteiger partial charge on any atom is 0.0703 e. The van der Waals surface area contributed by atoms with E-state index in [-0.39, 0.29) is 5.41 Å². The Balaban J connectivity index is 1.82. The van der Waals surface area contributed by atoms with Crippen molar-refractivity contribution >= 4 is 0 Å². The van der Waals surface area contributed by atoms with E-state index in [0.717, 1.165) is 25.9 Å². The van der Waals surface area contributed by atoms with Crippen LogP contribution in [0.3, 0.4) is 0 Å². The average Bonchev–Trinajstić information content (AvgIpc) is 2.99. The second-order valence-electron chi connectivity index (χ2n) is 4.48. The van der Waals surface area contributed by atoms with Gasteiger partial charge < -0.3 is 5.32 Å². The molecule has 0 bridgehead atoms. The molecule has 0 aliphatic heterocycles. The van der Waals surface area contributed by atoms with Crippen LogP contribution in [0.15, 0.2) is 24.3 Å². The summed E-state index contributed by atoms with van der Waals surface area (Å²) in [5.41, 5.74) is 2.54. The van der Waals surface area contributed by atoms with E-state index in [0.29, 0.717) is 0 Å². The second-order valence-corrected chi connectivity index (χ2v) is 4.48. The standard InChI is InChI=1S/C13H16N2/c1-11-3-2-4-12(7-11)8-15-10-13(9-14)5-6-13/h2-4,7,15H,5-6,8,10H2,1H3. The summed E-state index contributed by atoms with van der Waals surface area (Å²) in [5.74, 6) is 0. The summed E-state index contributed by atoms with van der Waals surface area (Å²) in [6.45, 7) is 3.80. The van der Waals surface area contributed by atoms with Gasteiger partial charge in [0.15, 0.2) is 0 Å². The van der Waals surface area contributed by atoms with Gasteiger partial charge in [0.05, 0.1) is 11.5 Å². The van der Waals surface area contributed by atoms with Crippen molar-refractivity contribution in [1.29, 1.82) is 5.26 Å². The number of nitriles is 1. The van der Waals surface area contributed by atoms with Gasteiger partial charge in [0, 0.05) is 13.1 Å². The number of hydrogen-bond acceptors (Lipinski definition) is 2. The first-order valence-electron chi connectivity index (χ1n) is 5.42. The number of benzene rings is 1. The van der Waals surface area contributed by atoms with E-state index >= 15 is 0 Å². The zero-order valence-electron chi connectivity index (χ0n) is 9.09. The van der Waals surface area contributed by atoms with Crippen LogP contribution in [0.5, 0.6) is 0 Å². The SMILES string of the molecule is Cc1cccc(CNCC2(C#N)CC2)c1. The molecule has 2 nitrogen and oxygen atoms in total. The number of rotatable bonds is 4. The Morgan fingerprint density at radius 3 is 2.87 bits per heavy atom. The molecule has 78 valence electrons. The zero-order chi connectivity index (χ0) is 10.7. The molecule has 1 N–H and O–H groups in total. The summed E-state index contributed by atoms with van der Waals surface area (Å²) < 4.78 is 0. The maximum absolute atomic E-state index is 8.91. The van der Waals surface area contributed by atoms with Gasteiger partial charge in [-0.05, 0) is 25.3 Å². The first-order chi connectivity index (χ1) is 7.24. The third kappa shape index (κ3) is 2.57. The van der Waals surface area contributed by atoms with Crippen molar-refractivity contribution in [2.75, 3.05) is 6.54 Å². The van der Waals surface area contributed by atoms with E-state index < -0.39 is 0 Å². The highest BCUT2D eigenvalue weighted by molar-refractivity contribution is 5.22. The lowest BCUT2D eigenvalue weighted by Crippen LogP contribution is -2.22. The first-order valence-corrected chi connectivity index (χ1v) is 5.42. The van der Waals surface area contributed by atoms with Gasteiger partial charge >= 0.3 is 0 Å². The normalized spacial score (nSPS) is 17.1. The van der Waals surface area contributed by atoms with Gasteiger partial charge in [-0.2, -0.15) is 5.26 Å². The van der Waals surface area contributed by atoms with Crippen LogP contribution in [0.25, 0.3) is 0 Å². The largest absolute Gasteiger partial charge is 0.311 e. The molecule has 1 aromatic rings. The van der Waals surface area contributed by atoms with E-state index in [4.69, 9.17) is 5.26 Å². The average molecular weight is 200 g/mol. The summed E-state index contributed by atoms with van der Waals surface area (Å²) >= 11 is 0. The molecule has 0 heterocycles. The molecule has 0 radical (unpaired) electrons. The fraction of sp³-hybridized carbons (Fsp3) is 0.462. The van der Waals surface area contributed by atoms with Gasteiger partial charge in [-0.1, -0.05) is 29.8 Å². The second kappa shape index (κ2) is 4.04. The predicted octanol–water partition coefficient (Wildman–Crippen LogP) is 2.39. The third-order valence-corrected chi connectivity index (χ3v) is 2.97. The molecule has 15 heavy (non-hydrogen) atoms. The molecule has 1 aliphatic rings. The van der Waals surface area contributed by atoms with Crippen LogP contribution in [-0.4, -0.2) is 6.54 Å². The molecule has 1 fully saturated rings. The monoisotopic (exact) mass is 200 g/mol. The van der Waals surface area contributed by atoms with Crippen LogP contribution >= 0.6 is 0 Å². The molecule has 2 rings (SSSR count). The van der Waals surface area contributed by atoms with Crippen LogP contribution in [0.1, 0.15) is 24.0 Å². The molecule has 0 aromatic heterocycles. The van der Waals surface area contributed by atoms with E-state index in [1.54, 1.807) is 0 Å². The van der Waals surface area contributed by atoms with Crippen LogP contribution < -0.4 is 5.32 Å². The van der Waals surface area contributed by atoms with E-state index in [1.807, 2.05) is 0 Å². The Kier molecular flexibility index (Phi) is 2.75. The summed E-state index contributed by atoms with van der Waals surface area (Å²) in [7, 11) is 0. The lowest BCUT2D eigenvalue weighted by Gasteiger charge is -2.08. The van der Waals surface area contributed by atoms with Crippen molar-refractivity contribution in [3.63, 3.8) is 0 Å². The van der Waals surface area contributed by atoms with Crippen LogP contribution in [0.2, 0.25) is 0 Å². The van der Waals surface area contributed by atoms with Crippen molar-refractivity contribution in [2.24, 2.45) is 5.41 Å². The van der Waals surface area contributed by atoms with Crippen molar-refractivity contribution in [2.45, 2.75) is 26.3 Å². The van der Waals surface area contributed by atoms with Gasteiger partial charge in [-0.3, -0.25) is 0 Å². The molecular weight excluding hydrogens is 184 g/mol. The maximum atomic E-state index is 8.91. The van der Waals surface area contributed by atoms with Gasteiger partial charge in [0.2, 0.25) is 0 Å². The van der Waals surface area contributed by atoms with Crippen LogP contribution in [0.4, 0.5) is 0 Å². The fourth-order valence-corrected chi connectivity index (χ4v) is 1.75. The highest BCUT2D eigenvalue weighted by atomic mass is 14.9. The van der Waals surface area contributed by atoms with Crippen LogP contribution in [-0.2, 0) is 6.54 Å². The molecule has 0 amide bonds. The summed E-state index contributed by atoms with van der Waals surface area (Å²) in [4.78, 5) is 0. The van der Waals surface area contributed by atoms with Crippen LogP contribution in [0, 0.1) is 23.7 Å². The van der Waals surface area contributed by atoms with Gasteiger partial charge in [0.1, 0.15) is 0 Å². The Bertz CT molecular complexity index is 386. The molecule has 1 saturated carbocycles. The molecule has 1 aliphatic carbocycles. The van der Waals surface area contributed by atoms with Gasteiger partial charge in [0.25, 0.3) is 0 Å². The number of hydrogen-bond donors (Lipinski definition) is 1. The minimum atomic E-state index is -0.0379. The number of aryl methyl sites for hydroxylation is 1. The first kappa shape index (κ1) is 10.2. The summed E-state index contributed by atoms with van der Waals surface area (Å²) in [5, 5.41) is 12.3. The van der Waals surface area contributed by atoms with Crippen molar-refractivity contribution in [3.8, 4) is 6.07 Å². The molecule has 0 unspecified atom stereocenters. The zero-order valence-corrected chi connectivity index (χ0v) is 9.09. The smallest absolute Gasteiger partial charge is 0.0703 e. The van der Waals surface area contributed by atoms with Crippen molar-refractivity contribution < 1.29 is 0 Å². The minimum Gasteiger partial charge on any atom is -0.311 e. The van der Waals surface area contributed by atoms with E-state index in [9.17, 15) is 0 Å². The van der Waals surface area contributed by atoms with Gasteiger partial charge in [-0.15, -0.1) is 0 Å². The molecule has 0 spiro atoms. The Labute approximate surface area is 90.9 Å². The number of nitrogens with one attached hydrogen (secondary N) is 1. The predicted molar refractivity (Wildman–Crippen MR) is 60.2 cm³/mol. The minimum absolute atomic E-state index is 0.0379. The quantitative estimate of drug-likeness (QED) is 0.810. The fourth-order valence-electron chi connectivity index (χ4n) is 1.75. The molecule has 1 aromatic carbocycles. The molecule has 2 heteroatoms. The number of nitrogens with zero attached hydrogens (tertiary/aromatic N) is 1. The molecule has 0 saturated heterocycles.